The minimum atomic E-state index is 0.909. The molecule has 0 atom stereocenters. The lowest BCUT2D eigenvalue weighted by Crippen LogP contribution is -1.95. The van der Waals surface area contributed by atoms with E-state index in [0.717, 1.165) is 105 Å². The van der Waals surface area contributed by atoms with Crippen LogP contribution in [0.4, 0.5) is 0 Å². The molecular formula is C59H37N3. The first-order valence-electron chi connectivity index (χ1n) is 21.1. The summed E-state index contributed by atoms with van der Waals surface area (Å²) >= 11 is 0. The number of benzene rings is 9. The molecule has 0 saturated heterocycles. The largest absolute Gasteiger partial charge is 0.247 e. The van der Waals surface area contributed by atoms with Crippen molar-refractivity contribution in [3.05, 3.63) is 224 Å². The number of hydrogen-bond donors (Lipinski definition) is 0. The lowest BCUT2D eigenvalue weighted by atomic mass is 9.90. The number of fused-ring (bicyclic) bond motifs is 7. The van der Waals surface area contributed by atoms with Gasteiger partial charge in [-0.15, -0.1) is 0 Å². The van der Waals surface area contributed by atoms with Crippen LogP contribution in [0.2, 0.25) is 0 Å². The quantitative estimate of drug-likeness (QED) is 0.158. The van der Waals surface area contributed by atoms with E-state index in [2.05, 4.69) is 224 Å². The molecule has 9 aromatic carbocycles. The summed E-state index contributed by atoms with van der Waals surface area (Å²) in [4.78, 5) is 16.0. The van der Waals surface area contributed by atoms with Gasteiger partial charge in [-0.1, -0.05) is 194 Å². The third-order valence-corrected chi connectivity index (χ3v) is 12.2. The highest BCUT2D eigenvalue weighted by Crippen LogP contribution is 2.42. The third-order valence-electron chi connectivity index (χ3n) is 12.2. The summed E-state index contributed by atoms with van der Waals surface area (Å²) in [5.41, 5.74) is 14.6. The number of para-hydroxylation sites is 2. The van der Waals surface area contributed by atoms with Crippen molar-refractivity contribution in [3.63, 3.8) is 0 Å². The molecule has 0 radical (unpaired) electrons. The molecule has 0 aliphatic rings. The Morgan fingerprint density at radius 2 is 0.613 bits per heavy atom. The molecule has 288 valence electrons. The van der Waals surface area contributed by atoms with Crippen LogP contribution >= 0.6 is 0 Å². The zero-order chi connectivity index (χ0) is 41.0. The number of aromatic nitrogens is 3. The lowest BCUT2D eigenvalue weighted by Gasteiger charge is -2.17. The highest BCUT2D eigenvalue weighted by Gasteiger charge is 2.18. The van der Waals surface area contributed by atoms with Crippen LogP contribution < -0.4 is 0 Å². The fourth-order valence-corrected chi connectivity index (χ4v) is 9.21. The number of nitrogens with zero attached hydrogens (tertiary/aromatic N) is 3. The molecule has 0 bridgehead atoms. The summed E-state index contributed by atoms with van der Waals surface area (Å²) in [6, 6.07) is 79.8. The van der Waals surface area contributed by atoms with Gasteiger partial charge in [-0.05, 0) is 68.7 Å². The molecule has 3 heteroatoms. The Labute approximate surface area is 359 Å². The molecule has 62 heavy (non-hydrogen) atoms. The Morgan fingerprint density at radius 3 is 1.13 bits per heavy atom. The van der Waals surface area contributed by atoms with E-state index in [4.69, 9.17) is 15.0 Å². The normalized spacial score (nSPS) is 11.5. The molecule has 0 aliphatic carbocycles. The van der Waals surface area contributed by atoms with E-state index in [9.17, 15) is 0 Å². The van der Waals surface area contributed by atoms with Crippen molar-refractivity contribution in [1.29, 1.82) is 0 Å². The van der Waals surface area contributed by atoms with E-state index in [1.54, 1.807) is 0 Å². The van der Waals surface area contributed by atoms with Crippen LogP contribution in [0, 0.1) is 0 Å². The van der Waals surface area contributed by atoms with Gasteiger partial charge in [0, 0.05) is 49.2 Å². The summed E-state index contributed by atoms with van der Waals surface area (Å²) < 4.78 is 0. The zero-order valence-corrected chi connectivity index (χ0v) is 33.7. The van der Waals surface area contributed by atoms with Gasteiger partial charge in [0.15, 0.2) is 0 Å². The maximum atomic E-state index is 5.57. The van der Waals surface area contributed by atoms with Gasteiger partial charge in [0.2, 0.25) is 0 Å². The van der Waals surface area contributed by atoms with Crippen LogP contribution in [-0.2, 0) is 0 Å². The van der Waals surface area contributed by atoms with Crippen molar-refractivity contribution in [1.82, 2.24) is 15.0 Å². The molecule has 12 rings (SSSR count). The average Bonchev–Trinajstić information content (AvgIpc) is 3.36. The lowest BCUT2D eigenvalue weighted by molar-refractivity contribution is 1.35. The Kier molecular flexibility index (Phi) is 8.50. The first-order chi connectivity index (χ1) is 30.7. The zero-order valence-electron chi connectivity index (χ0n) is 33.7. The fourth-order valence-electron chi connectivity index (χ4n) is 9.21. The molecule has 0 amide bonds. The summed E-state index contributed by atoms with van der Waals surface area (Å²) in [7, 11) is 0. The second-order valence-electron chi connectivity index (χ2n) is 15.9. The number of pyridine rings is 3. The van der Waals surface area contributed by atoms with Gasteiger partial charge < -0.3 is 0 Å². The van der Waals surface area contributed by atoms with Gasteiger partial charge in [0.05, 0.1) is 33.8 Å². The summed E-state index contributed by atoms with van der Waals surface area (Å²) in [6.07, 6.45) is 0. The number of rotatable bonds is 6. The predicted octanol–water partition coefficient (Wildman–Crippen LogP) is 15.6. The first-order valence-corrected chi connectivity index (χ1v) is 21.1. The molecule has 3 aromatic heterocycles. The van der Waals surface area contributed by atoms with E-state index in [0.29, 0.717) is 0 Å². The van der Waals surface area contributed by atoms with Gasteiger partial charge in [0.1, 0.15) is 0 Å². The summed E-state index contributed by atoms with van der Waals surface area (Å²) in [6.45, 7) is 0. The average molecular weight is 788 g/mol. The standard InChI is InChI=1S/C59H37N3/c1-3-15-38(16-4-1)44-35-51(39-17-5-2-6-18-39)52-37-56(40-27-29-41(30-28-40)57-49-23-9-7-19-45(49)47-21-11-13-25-54(47)60-57)62-59(53(52)36-44)43-33-31-42(32-34-43)58-50-24-10-8-20-46(50)48-22-12-14-26-55(48)61-58/h1-37H. The Morgan fingerprint density at radius 1 is 0.210 bits per heavy atom. The van der Waals surface area contributed by atoms with E-state index in [-0.39, 0.29) is 0 Å². The molecule has 0 fully saturated rings. The van der Waals surface area contributed by atoms with Crippen molar-refractivity contribution in [2.45, 2.75) is 0 Å². The Balaban J connectivity index is 1.05. The Bertz CT molecular complexity index is 3650. The second kappa shape index (κ2) is 14.8. The van der Waals surface area contributed by atoms with Crippen LogP contribution in [0.3, 0.4) is 0 Å². The van der Waals surface area contributed by atoms with Crippen LogP contribution in [0.1, 0.15) is 0 Å². The molecule has 0 aliphatic heterocycles. The molecule has 3 heterocycles. The van der Waals surface area contributed by atoms with E-state index < -0.39 is 0 Å². The molecule has 0 N–H and O–H groups in total. The van der Waals surface area contributed by atoms with E-state index in [1.165, 1.54) is 16.3 Å². The molecule has 0 saturated carbocycles. The molecule has 3 nitrogen and oxygen atoms in total. The highest BCUT2D eigenvalue weighted by molar-refractivity contribution is 6.12. The monoisotopic (exact) mass is 787 g/mol. The van der Waals surface area contributed by atoms with Crippen LogP contribution in [0.25, 0.3) is 121 Å². The summed E-state index contributed by atoms with van der Waals surface area (Å²) in [5.74, 6) is 0. The second-order valence-corrected chi connectivity index (χ2v) is 15.9. The minimum absolute atomic E-state index is 0.909. The van der Waals surface area contributed by atoms with E-state index >= 15 is 0 Å². The van der Waals surface area contributed by atoms with Gasteiger partial charge in [-0.2, -0.15) is 0 Å². The van der Waals surface area contributed by atoms with E-state index in [1.807, 2.05) is 0 Å². The minimum Gasteiger partial charge on any atom is -0.247 e. The molecular weight excluding hydrogens is 751 g/mol. The first kappa shape index (κ1) is 35.7. The van der Waals surface area contributed by atoms with Crippen molar-refractivity contribution in [2.24, 2.45) is 0 Å². The van der Waals surface area contributed by atoms with Gasteiger partial charge in [-0.25, -0.2) is 15.0 Å². The molecule has 12 aromatic rings. The fraction of sp³-hybridized carbons (Fsp3) is 0. The van der Waals surface area contributed by atoms with Gasteiger partial charge >= 0.3 is 0 Å². The topological polar surface area (TPSA) is 38.7 Å². The maximum absolute atomic E-state index is 5.57. The van der Waals surface area contributed by atoms with Gasteiger partial charge in [-0.3, -0.25) is 0 Å². The third kappa shape index (κ3) is 6.10. The smallest absolute Gasteiger partial charge is 0.0788 e. The Hall–Kier alpha value is -8.27. The van der Waals surface area contributed by atoms with Crippen molar-refractivity contribution >= 4 is 54.1 Å². The van der Waals surface area contributed by atoms with Crippen molar-refractivity contribution in [2.75, 3.05) is 0 Å². The maximum Gasteiger partial charge on any atom is 0.0788 e. The molecule has 0 spiro atoms. The van der Waals surface area contributed by atoms with Crippen molar-refractivity contribution in [3.8, 4) is 67.3 Å². The molecule has 0 unspecified atom stereocenters. The van der Waals surface area contributed by atoms with Crippen LogP contribution in [0.5, 0.6) is 0 Å². The highest BCUT2D eigenvalue weighted by atomic mass is 14.7. The predicted molar refractivity (Wildman–Crippen MR) is 260 cm³/mol. The van der Waals surface area contributed by atoms with Crippen LogP contribution in [0.15, 0.2) is 224 Å². The van der Waals surface area contributed by atoms with Gasteiger partial charge in [0.25, 0.3) is 0 Å². The number of hydrogen-bond acceptors (Lipinski definition) is 3. The van der Waals surface area contributed by atoms with Crippen molar-refractivity contribution < 1.29 is 0 Å². The SMILES string of the molecule is c1ccc(-c2cc(-c3ccccc3)c3cc(-c4ccc(-c5nc6ccccc6c6ccccc56)cc4)nc(-c4ccc(-c5nc6ccccc6c6ccccc56)cc4)c3c2)cc1. The summed E-state index contributed by atoms with van der Waals surface area (Å²) in [5, 5.41) is 9.26. The van der Waals surface area contributed by atoms with Crippen LogP contribution in [-0.4, -0.2) is 15.0 Å².